The van der Waals surface area contributed by atoms with Crippen LogP contribution in [0, 0.1) is 0 Å². The van der Waals surface area contributed by atoms with E-state index in [4.69, 9.17) is 11.6 Å². The second-order valence-electron chi connectivity index (χ2n) is 8.63. The largest absolute Gasteiger partial charge is 0.392 e. The average molecular weight is 422 g/mol. The molecule has 0 amide bonds. The molecule has 1 aliphatic heterocycles. The quantitative estimate of drug-likeness (QED) is 0.193. The van der Waals surface area contributed by atoms with Crippen LogP contribution in [0.4, 0.5) is 5.69 Å². The SMILES string of the molecule is C/C(CCCCCCCCCC[C@H]1CC[C@@H](O)[C@@H](C)N1)=N/Nc1ccc(Cl)cc1. The first kappa shape index (κ1) is 24.2. The van der Waals surface area contributed by atoms with E-state index in [1.165, 1.54) is 57.8 Å². The van der Waals surface area contributed by atoms with Gasteiger partial charge in [0.2, 0.25) is 0 Å². The van der Waals surface area contributed by atoms with E-state index in [2.05, 4.69) is 29.7 Å². The van der Waals surface area contributed by atoms with Crippen molar-refractivity contribution in [2.24, 2.45) is 5.10 Å². The van der Waals surface area contributed by atoms with Crippen LogP contribution in [0.15, 0.2) is 29.4 Å². The van der Waals surface area contributed by atoms with Gasteiger partial charge in [-0.3, -0.25) is 5.43 Å². The molecular formula is C24H40ClN3O. The monoisotopic (exact) mass is 421 g/mol. The molecule has 1 saturated heterocycles. The van der Waals surface area contributed by atoms with E-state index in [1.54, 1.807) is 0 Å². The molecule has 1 aromatic carbocycles. The van der Waals surface area contributed by atoms with Gasteiger partial charge in [0.1, 0.15) is 0 Å². The lowest BCUT2D eigenvalue weighted by Gasteiger charge is -2.32. The minimum absolute atomic E-state index is 0.152. The van der Waals surface area contributed by atoms with Crippen molar-refractivity contribution in [1.29, 1.82) is 0 Å². The third kappa shape index (κ3) is 10.5. The number of aliphatic hydroxyl groups excluding tert-OH is 1. The smallest absolute Gasteiger partial charge is 0.0691 e. The summed E-state index contributed by atoms with van der Waals surface area (Å²) in [6.07, 6.45) is 14.8. The molecule has 4 nitrogen and oxygen atoms in total. The van der Waals surface area contributed by atoms with Crippen molar-refractivity contribution in [1.82, 2.24) is 5.32 Å². The molecule has 0 aromatic heterocycles. The Morgan fingerprint density at radius 3 is 2.31 bits per heavy atom. The van der Waals surface area contributed by atoms with E-state index in [1.807, 2.05) is 24.3 Å². The highest BCUT2D eigenvalue weighted by Gasteiger charge is 2.24. The van der Waals surface area contributed by atoms with E-state index in [-0.39, 0.29) is 12.1 Å². The fourth-order valence-corrected chi connectivity index (χ4v) is 4.11. The van der Waals surface area contributed by atoms with Gasteiger partial charge >= 0.3 is 0 Å². The molecule has 0 saturated carbocycles. The van der Waals surface area contributed by atoms with Crippen molar-refractivity contribution in [2.45, 2.75) is 109 Å². The molecule has 1 fully saturated rings. The van der Waals surface area contributed by atoms with Crippen LogP contribution in [-0.4, -0.2) is 29.0 Å². The predicted molar refractivity (Wildman–Crippen MR) is 126 cm³/mol. The standard InChI is InChI=1S/C24H40ClN3O/c1-19(27-28-23-15-13-21(25)14-16-23)11-9-7-5-3-4-6-8-10-12-22-17-18-24(29)20(2)26-22/h13-16,20,22,24,26,28-29H,3-12,17-18H2,1-2H3/b27-19-/t20-,22+,24-/m1/s1. The van der Waals surface area contributed by atoms with E-state index < -0.39 is 0 Å². The van der Waals surface area contributed by atoms with Crippen molar-refractivity contribution >= 4 is 23.0 Å². The normalized spacial score (nSPS) is 22.6. The Bertz CT molecular complexity index is 590. The number of hydrazone groups is 1. The first-order chi connectivity index (χ1) is 14.0. The molecule has 5 heteroatoms. The number of nitrogens with zero attached hydrogens (tertiary/aromatic N) is 1. The second-order valence-corrected chi connectivity index (χ2v) is 9.07. The molecule has 0 spiro atoms. The van der Waals surface area contributed by atoms with Crippen molar-refractivity contribution in [3.05, 3.63) is 29.3 Å². The highest BCUT2D eigenvalue weighted by molar-refractivity contribution is 6.30. The van der Waals surface area contributed by atoms with Gasteiger partial charge in [-0.15, -0.1) is 0 Å². The summed E-state index contributed by atoms with van der Waals surface area (Å²) in [6.45, 7) is 4.19. The van der Waals surface area contributed by atoms with Crippen LogP contribution in [0.3, 0.4) is 0 Å². The van der Waals surface area contributed by atoms with Gasteiger partial charge in [0.15, 0.2) is 0 Å². The summed E-state index contributed by atoms with van der Waals surface area (Å²) in [6, 6.07) is 8.50. The van der Waals surface area contributed by atoms with Gasteiger partial charge < -0.3 is 10.4 Å². The topological polar surface area (TPSA) is 56.6 Å². The Morgan fingerprint density at radius 1 is 1.03 bits per heavy atom. The number of anilines is 1. The van der Waals surface area contributed by atoms with Crippen LogP contribution < -0.4 is 10.7 Å². The van der Waals surface area contributed by atoms with E-state index in [0.29, 0.717) is 6.04 Å². The Labute approximate surface area is 182 Å². The highest BCUT2D eigenvalue weighted by Crippen LogP contribution is 2.19. The fourth-order valence-electron chi connectivity index (χ4n) is 3.99. The number of hydrogen-bond donors (Lipinski definition) is 3. The molecule has 0 bridgehead atoms. The van der Waals surface area contributed by atoms with Crippen molar-refractivity contribution in [3.8, 4) is 0 Å². The molecule has 1 heterocycles. The van der Waals surface area contributed by atoms with Crippen LogP contribution in [0.2, 0.25) is 5.02 Å². The third-order valence-corrected chi connectivity index (χ3v) is 6.20. The minimum Gasteiger partial charge on any atom is -0.392 e. The van der Waals surface area contributed by atoms with Crippen LogP contribution >= 0.6 is 11.6 Å². The van der Waals surface area contributed by atoms with Crippen LogP contribution in [-0.2, 0) is 0 Å². The molecule has 164 valence electrons. The summed E-state index contributed by atoms with van der Waals surface area (Å²) >= 11 is 5.89. The number of nitrogens with one attached hydrogen (secondary N) is 2. The Hall–Kier alpha value is -1.10. The van der Waals surface area contributed by atoms with Gasteiger partial charge in [-0.05, 0) is 70.2 Å². The average Bonchev–Trinajstić information content (AvgIpc) is 2.71. The molecule has 3 N–H and O–H groups in total. The molecule has 1 aliphatic rings. The lowest BCUT2D eigenvalue weighted by molar-refractivity contribution is 0.0849. The lowest BCUT2D eigenvalue weighted by Crippen LogP contribution is -2.48. The highest BCUT2D eigenvalue weighted by atomic mass is 35.5. The summed E-state index contributed by atoms with van der Waals surface area (Å²) in [5.41, 5.74) is 5.22. The van der Waals surface area contributed by atoms with E-state index in [0.717, 1.165) is 35.7 Å². The van der Waals surface area contributed by atoms with Crippen molar-refractivity contribution < 1.29 is 5.11 Å². The number of hydrogen-bond acceptors (Lipinski definition) is 4. The molecule has 0 radical (unpaired) electrons. The zero-order chi connectivity index (χ0) is 20.9. The van der Waals surface area contributed by atoms with Crippen LogP contribution in [0.5, 0.6) is 0 Å². The lowest BCUT2D eigenvalue weighted by atomic mass is 9.93. The van der Waals surface area contributed by atoms with E-state index >= 15 is 0 Å². The zero-order valence-corrected chi connectivity index (χ0v) is 19.1. The summed E-state index contributed by atoms with van der Waals surface area (Å²) in [7, 11) is 0. The summed E-state index contributed by atoms with van der Waals surface area (Å²) < 4.78 is 0. The zero-order valence-electron chi connectivity index (χ0n) is 18.3. The molecule has 0 unspecified atom stereocenters. The first-order valence-electron chi connectivity index (χ1n) is 11.5. The van der Waals surface area contributed by atoms with Crippen LogP contribution in [0.25, 0.3) is 0 Å². The maximum Gasteiger partial charge on any atom is 0.0691 e. The van der Waals surface area contributed by atoms with Gasteiger partial charge in [-0.2, -0.15) is 5.10 Å². The van der Waals surface area contributed by atoms with E-state index in [9.17, 15) is 5.11 Å². The molecule has 0 aliphatic carbocycles. The maximum absolute atomic E-state index is 9.76. The summed E-state index contributed by atoms with van der Waals surface area (Å²) in [5.74, 6) is 0. The Morgan fingerprint density at radius 2 is 1.66 bits per heavy atom. The first-order valence-corrected chi connectivity index (χ1v) is 11.9. The summed E-state index contributed by atoms with van der Waals surface area (Å²) in [5, 5.41) is 18.5. The van der Waals surface area contributed by atoms with Gasteiger partial charge in [-0.1, -0.05) is 56.5 Å². The number of benzene rings is 1. The fraction of sp³-hybridized carbons (Fsp3) is 0.708. The number of piperidine rings is 1. The maximum atomic E-state index is 9.76. The minimum atomic E-state index is -0.152. The number of halogens is 1. The van der Waals surface area contributed by atoms with Gasteiger partial charge in [0, 0.05) is 22.8 Å². The second kappa shape index (κ2) is 14.0. The van der Waals surface area contributed by atoms with Crippen molar-refractivity contribution in [2.75, 3.05) is 5.43 Å². The van der Waals surface area contributed by atoms with Crippen molar-refractivity contribution in [3.63, 3.8) is 0 Å². The Balaban J connectivity index is 1.39. The predicted octanol–water partition coefficient (Wildman–Crippen LogP) is 6.53. The van der Waals surface area contributed by atoms with Crippen LogP contribution in [0.1, 0.15) is 90.9 Å². The molecule has 29 heavy (non-hydrogen) atoms. The number of aliphatic hydroxyl groups is 1. The molecular weight excluding hydrogens is 382 g/mol. The Kier molecular flexibility index (Phi) is 11.7. The number of unbranched alkanes of at least 4 members (excludes halogenated alkanes) is 7. The third-order valence-electron chi connectivity index (χ3n) is 5.95. The van der Waals surface area contributed by atoms with Gasteiger partial charge in [-0.25, -0.2) is 0 Å². The summed E-state index contributed by atoms with van der Waals surface area (Å²) in [4.78, 5) is 0. The van der Waals surface area contributed by atoms with Gasteiger partial charge in [0.25, 0.3) is 0 Å². The molecule has 2 rings (SSSR count). The molecule has 1 aromatic rings. The molecule has 3 atom stereocenters. The number of rotatable bonds is 13. The van der Waals surface area contributed by atoms with Gasteiger partial charge in [0.05, 0.1) is 11.8 Å².